The smallest absolute Gasteiger partial charge is 0.225 e. The highest BCUT2D eigenvalue weighted by Gasteiger charge is 2.48. The first-order chi connectivity index (χ1) is 16.0. The first kappa shape index (κ1) is 26.1. The van der Waals surface area contributed by atoms with E-state index in [1.54, 1.807) is 0 Å². The number of nitrogens with one attached hydrogen (secondary N) is 1. The maximum absolute atomic E-state index is 12.2. The summed E-state index contributed by atoms with van der Waals surface area (Å²) in [6, 6.07) is 1.12. The van der Waals surface area contributed by atoms with Crippen LogP contribution in [0, 0.1) is 17.3 Å². The molecule has 5 rings (SSSR count). The lowest BCUT2D eigenvalue weighted by atomic mass is 9.56. The molecule has 6 heteroatoms. The summed E-state index contributed by atoms with van der Waals surface area (Å²) >= 11 is 0. The number of piperidine rings is 1. The van der Waals surface area contributed by atoms with Gasteiger partial charge >= 0.3 is 0 Å². The standard InChI is InChI=1S/C23H35N5O.2C2H6/c1-16(2)21(29)18-9-23(10-18)5-7-27(8-6-23)15-17-11-25-22(26-12-17)28-19-3-4-20(28)14-24-13-19;2*1-2/h11-12,16,18-20,24H,3-10,13-15H2,1-2H3;2*1-2H3. The molecule has 1 spiro atoms. The van der Waals surface area contributed by atoms with Crippen molar-refractivity contribution < 1.29 is 4.79 Å². The monoisotopic (exact) mass is 457 g/mol. The van der Waals surface area contributed by atoms with Gasteiger partial charge in [-0.1, -0.05) is 41.5 Å². The number of hydrogen-bond acceptors (Lipinski definition) is 6. The molecule has 0 aromatic carbocycles. The Morgan fingerprint density at radius 1 is 1.03 bits per heavy atom. The number of Topliss-reactive ketones (excluding diaryl/α,β-unsaturated/α-hetero) is 1. The van der Waals surface area contributed by atoms with Crippen LogP contribution < -0.4 is 10.2 Å². The van der Waals surface area contributed by atoms with Crippen LogP contribution in [0.15, 0.2) is 12.4 Å². The molecule has 1 aromatic rings. The predicted octanol–water partition coefficient (Wildman–Crippen LogP) is 4.69. The Kier molecular flexibility index (Phi) is 9.28. The zero-order chi connectivity index (χ0) is 24.0. The van der Waals surface area contributed by atoms with E-state index >= 15 is 0 Å². The third-order valence-corrected chi connectivity index (χ3v) is 7.96. The second kappa shape index (κ2) is 11.7. The van der Waals surface area contributed by atoms with Crippen LogP contribution >= 0.6 is 0 Å². The van der Waals surface area contributed by atoms with Crippen LogP contribution in [0.25, 0.3) is 0 Å². The Morgan fingerprint density at radius 2 is 1.58 bits per heavy atom. The first-order valence-electron chi connectivity index (χ1n) is 13.6. The van der Waals surface area contributed by atoms with Gasteiger partial charge in [0.15, 0.2) is 0 Å². The molecule has 1 aromatic heterocycles. The summed E-state index contributed by atoms with van der Waals surface area (Å²) in [5.41, 5.74) is 1.67. The lowest BCUT2D eigenvalue weighted by Gasteiger charge is -2.52. The third-order valence-electron chi connectivity index (χ3n) is 7.96. The van der Waals surface area contributed by atoms with Gasteiger partial charge in [0.1, 0.15) is 5.78 Å². The molecule has 4 fully saturated rings. The van der Waals surface area contributed by atoms with E-state index in [0.717, 1.165) is 51.5 Å². The minimum absolute atomic E-state index is 0.191. The number of piperazine rings is 1. The lowest BCUT2D eigenvalue weighted by Crippen LogP contribution is -2.52. The third kappa shape index (κ3) is 5.76. The summed E-state index contributed by atoms with van der Waals surface area (Å²) in [4.78, 5) is 26.7. The molecule has 2 unspecified atom stereocenters. The van der Waals surface area contributed by atoms with Crippen molar-refractivity contribution in [2.24, 2.45) is 17.3 Å². The van der Waals surface area contributed by atoms with Crippen molar-refractivity contribution in [3.05, 3.63) is 18.0 Å². The van der Waals surface area contributed by atoms with E-state index in [-0.39, 0.29) is 5.92 Å². The quantitative estimate of drug-likeness (QED) is 0.692. The van der Waals surface area contributed by atoms with E-state index in [4.69, 9.17) is 9.97 Å². The first-order valence-corrected chi connectivity index (χ1v) is 13.6. The van der Waals surface area contributed by atoms with Crippen LogP contribution in [0.4, 0.5) is 5.95 Å². The average molecular weight is 458 g/mol. The molecule has 186 valence electrons. The number of ketones is 1. The van der Waals surface area contributed by atoms with Crippen molar-refractivity contribution in [2.45, 2.75) is 98.7 Å². The number of hydrogen-bond donors (Lipinski definition) is 1. The van der Waals surface area contributed by atoms with Gasteiger partial charge in [0.25, 0.3) is 0 Å². The van der Waals surface area contributed by atoms with Crippen molar-refractivity contribution in [1.82, 2.24) is 20.2 Å². The number of nitrogens with zero attached hydrogens (tertiary/aromatic N) is 4. The molecule has 1 N–H and O–H groups in total. The maximum Gasteiger partial charge on any atom is 0.225 e. The van der Waals surface area contributed by atoms with Crippen molar-refractivity contribution in [3.63, 3.8) is 0 Å². The fourth-order valence-electron chi connectivity index (χ4n) is 6.18. The zero-order valence-electron chi connectivity index (χ0n) is 21.9. The summed E-state index contributed by atoms with van der Waals surface area (Å²) in [6.45, 7) is 17.4. The molecule has 2 atom stereocenters. The van der Waals surface area contributed by atoms with Gasteiger partial charge in [-0.05, 0) is 57.0 Å². The number of likely N-dealkylation sites (tertiary alicyclic amines) is 1. The highest BCUT2D eigenvalue weighted by Crippen LogP contribution is 2.53. The topological polar surface area (TPSA) is 61.4 Å². The van der Waals surface area contributed by atoms with E-state index in [1.807, 2.05) is 53.9 Å². The molecule has 6 nitrogen and oxygen atoms in total. The minimum atomic E-state index is 0.191. The number of rotatable bonds is 5. The van der Waals surface area contributed by atoms with Crippen molar-refractivity contribution in [2.75, 3.05) is 31.1 Å². The molecule has 3 saturated heterocycles. The van der Waals surface area contributed by atoms with E-state index in [9.17, 15) is 4.79 Å². The summed E-state index contributed by atoms with van der Waals surface area (Å²) in [7, 11) is 0. The van der Waals surface area contributed by atoms with Crippen LogP contribution in [0.3, 0.4) is 0 Å². The van der Waals surface area contributed by atoms with Crippen LogP contribution in [-0.2, 0) is 11.3 Å². The molecule has 1 aliphatic carbocycles. The van der Waals surface area contributed by atoms with Crippen LogP contribution in [0.2, 0.25) is 0 Å². The van der Waals surface area contributed by atoms with Gasteiger partial charge in [-0.3, -0.25) is 9.69 Å². The second-order valence-electron chi connectivity index (χ2n) is 10.3. The van der Waals surface area contributed by atoms with E-state index in [1.165, 1.54) is 31.2 Å². The number of anilines is 1. The van der Waals surface area contributed by atoms with Crippen LogP contribution in [0.1, 0.15) is 85.6 Å². The number of fused-ring (bicyclic) bond motifs is 2. The summed E-state index contributed by atoms with van der Waals surface area (Å²) in [5.74, 6) is 1.92. The Morgan fingerprint density at radius 3 is 2.09 bits per heavy atom. The van der Waals surface area contributed by atoms with Crippen LogP contribution in [-0.4, -0.2) is 58.9 Å². The average Bonchev–Trinajstić information content (AvgIpc) is 3.08. The molecule has 0 amide bonds. The molecule has 2 bridgehead atoms. The van der Waals surface area contributed by atoms with Gasteiger partial charge in [0.2, 0.25) is 5.95 Å². The molecule has 4 aliphatic rings. The molecular weight excluding hydrogens is 410 g/mol. The largest absolute Gasteiger partial charge is 0.332 e. The van der Waals surface area contributed by atoms with Gasteiger partial charge in [0.05, 0.1) is 0 Å². The van der Waals surface area contributed by atoms with Crippen LogP contribution in [0.5, 0.6) is 0 Å². The Bertz CT molecular complexity index is 717. The number of aromatic nitrogens is 2. The van der Waals surface area contributed by atoms with Gasteiger partial charge in [-0.2, -0.15) is 0 Å². The van der Waals surface area contributed by atoms with E-state index in [0.29, 0.717) is 29.2 Å². The predicted molar refractivity (Wildman–Crippen MR) is 136 cm³/mol. The lowest BCUT2D eigenvalue weighted by molar-refractivity contribution is -0.135. The molecule has 3 aliphatic heterocycles. The van der Waals surface area contributed by atoms with E-state index < -0.39 is 0 Å². The molecular formula is C27H47N5O. The van der Waals surface area contributed by atoms with Crippen molar-refractivity contribution in [1.29, 1.82) is 0 Å². The zero-order valence-corrected chi connectivity index (χ0v) is 21.9. The highest BCUT2D eigenvalue weighted by molar-refractivity contribution is 5.83. The second-order valence-corrected chi connectivity index (χ2v) is 10.3. The SMILES string of the molecule is CC.CC.CC(C)C(=O)C1CC2(CCN(Cc3cnc(N4C5CCC4CNC5)nc3)CC2)C1. The fraction of sp³-hybridized carbons (Fsp3) is 0.815. The van der Waals surface area contributed by atoms with Gasteiger partial charge in [-0.15, -0.1) is 0 Å². The van der Waals surface area contributed by atoms with Gasteiger partial charge < -0.3 is 10.2 Å². The Balaban J connectivity index is 0.000000728. The Hall–Kier alpha value is -1.53. The van der Waals surface area contributed by atoms with Gasteiger partial charge in [0, 0.05) is 61.5 Å². The molecule has 4 heterocycles. The number of carbonyl (C=O) groups excluding carboxylic acids is 1. The summed E-state index contributed by atoms with van der Waals surface area (Å²) in [6.07, 6.45) is 11.3. The summed E-state index contributed by atoms with van der Waals surface area (Å²) < 4.78 is 0. The maximum atomic E-state index is 12.2. The molecule has 1 saturated carbocycles. The van der Waals surface area contributed by atoms with Crippen molar-refractivity contribution in [3.8, 4) is 0 Å². The molecule has 0 radical (unpaired) electrons. The number of carbonyl (C=O) groups is 1. The van der Waals surface area contributed by atoms with Crippen molar-refractivity contribution >= 4 is 11.7 Å². The molecule has 33 heavy (non-hydrogen) atoms. The summed E-state index contributed by atoms with van der Waals surface area (Å²) in [5, 5.41) is 3.52. The fourth-order valence-corrected chi connectivity index (χ4v) is 6.18. The minimum Gasteiger partial charge on any atom is -0.332 e. The van der Waals surface area contributed by atoms with E-state index in [2.05, 4.69) is 15.1 Å². The highest BCUT2D eigenvalue weighted by atomic mass is 16.1. The van der Waals surface area contributed by atoms with Gasteiger partial charge in [-0.25, -0.2) is 9.97 Å². The normalized spacial score (nSPS) is 26.2. The Labute approximate surface area is 201 Å².